The minimum absolute atomic E-state index is 0.0514. The largest absolute Gasteiger partial charge is 0.442 e. The molecule has 0 aliphatic carbocycles. The fourth-order valence-electron chi connectivity index (χ4n) is 2.67. The normalized spacial score (nSPS) is 15.8. The highest BCUT2D eigenvalue weighted by Crippen LogP contribution is 2.23. The number of carbonyl (C=O) groups is 2. The maximum Gasteiger partial charge on any atom is 0.263 e. The van der Waals surface area contributed by atoms with Crippen LogP contribution < -0.4 is 0 Å². The van der Waals surface area contributed by atoms with Crippen LogP contribution in [0.25, 0.3) is 0 Å². The Morgan fingerprint density at radius 3 is 2.68 bits per heavy atom. The Kier molecular flexibility index (Phi) is 4.24. The molecule has 1 saturated heterocycles. The van der Waals surface area contributed by atoms with E-state index < -0.39 is 0 Å². The summed E-state index contributed by atoms with van der Waals surface area (Å²) in [6.45, 7) is 1.09. The van der Waals surface area contributed by atoms with Crippen LogP contribution in [0.1, 0.15) is 33.9 Å². The first-order chi connectivity index (χ1) is 10.6. The zero-order valence-corrected chi connectivity index (χ0v) is 12.6. The SMILES string of the molecule is O=C(c1ncco1)C1CCN(C(=O)c2cccc(Cl)c2)CC1. The van der Waals surface area contributed by atoms with Gasteiger partial charge in [0.25, 0.3) is 11.8 Å². The predicted octanol–water partition coefficient (Wildman–Crippen LogP) is 3.06. The molecule has 0 bridgehead atoms. The van der Waals surface area contributed by atoms with Crippen LogP contribution in [0.2, 0.25) is 5.02 Å². The summed E-state index contributed by atoms with van der Waals surface area (Å²) < 4.78 is 5.05. The third-order valence-corrected chi connectivity index (χ3v) is 4.10. The van der Waals surface area contributed by atoms with E-state index in [1.165, 1.54) is 12.5 Å². The number of aromatic nitrogens is 1. The fourth-order valence-corrected chi connectivity index (χ4v) is 2.86. The third-order valence-electron chi connectivity index (χ3n) is 3.87. The van der Waals surface area contributed by atoms with E-state index in [1.54, 1.807) is 29.2 Å². The van der Waals surface area contributed by atoms with Gasteiger partial charge in [-0.05, 0) is 31.0 Å². The Hall–Kier alpha value is -2.14. The maximum absolute atomic E-state index is 12.4. The van der Waals surface area contributed by atoms with Gasteiger partial charge in [-0.15, -0.1) is 0 Å². The topological polar surface area (TPSA) is 63.4 Å². The minimum Gasteiger partial charge on any atom is -0.442 e. The molecule has 0 atom stereocenters. The van der Waals surface area contributed by atoms with Crippen molar-refractivity contribution in [2.24, 2.45) is 5.92 Å². The number of amides is 1. The molecule has 1 aromatic heterocycles. The number of halogens is 1. The van der Waals surface area contributed by atoms with E-state index in [0.717, 1.165) is 0 Å². The van der Waals surface area contributed by atoms with Crippen molar-refractivity contribution in [3.8, 4) is 0 Å². The number of carbonyl (C=O) groups excluding carboxylic acids is 2. The predicted molar refractivity (Wildman–Crippen MR) is 80.9 cm³/mol. The van der Waals surface area contributed by atoms with Gasteiger partial charge in [0.1, 0.15) is 6.26 Å². The van der Waals surface area contributed by atoms with Crippen molar-refractivity contribution in [2.45, 2.75) is 12.8 Å². The second kappa shape index (κ2) is 6.32. The lowest BCUT2D eigenvalue weighted by Crippen LogP contribution is -2.40. The molecule has 114 valence electrons. The minimum atomic E-state index is -0.137. The van der Waals surface area contributed by atoms with Crippen LogP contribution >= 0.6 is 11.6 Å². The molecule has 1 aliphatic rings. The molecule has 1 aliphatic heterocycles. The monoisotopic (exact) mass is 318 g/mol. The fraction of sp³-hybridized carbons (Fsp3) is 0.312. The van der Waals surface area contributed by atoms with Crippen molar-refractivity contribution in [1.29, 1.82) is 0 Å². The van der Waals surface area contributed by atoms with Gasteiger partial charge in [-0.25, -0.2) is 4.98 Å². The molecule has 0 N–H and O–H groups in total. The van der Waals surface area contributed by atoms with Crippen LogP contribution in [-0.2, 0) is 0 Å². The Morgan fingerprint density at radius 2 is 2.05 bits per heavy atom. The molecule has 5 nitrogen and oxygen atoms in total. The summed E-state index contributed by atoms with van der Waals surface area (Å²) >= 11 is 5.92. The molecule has 2 aromatic rings. The lowest BCUT2D eigenvalue weighted by Gasteiger charge is -2.30. The quantitative estimate of drug-likeness (QED) is 0.816. The van der Waals surface area contributed by atoms with Crippen molar-refractivity contribution in [2.75, 3.05) is 13.1 Å². The second-order valence-corrected chi connectivity index (χ2v) is 5.71. The first kappa shape index (κ1) is 14.8. The van der Waals surface area contributed by atoms with Gasteiger partial charge in [0.15, 0.2) is 0 Å². The molecule has 0 radical (unpaired) electrons. The van der Waals surface area contributed by atoms with Crippen molar-refractivity contribution < 1.29 is 14.0 Å². The van der Waals surface area contributed by atoms with Crippen LogP contribution in [0.15, 0.2) is 41.1 Å². The average Bonchev–Trinajstić information content (AvgIpc) is 3.08. The molecule has 0 saturated carbocycles. The van der Waals surface area contributed by atoms with Gasteiger partial charge in [-0.1, -0.05) is 17.7 Å². The zero-order chi connectivity index (χ0) is 15.5. The molecule has 0 spiro atoms. The summed E-state index contributed by atoms with van der Waals surface area (Å²) in [7, 11) is 0. The average molecular weight is 319 g/mol. The molecular formula is C16H15ClN2O3. The highest BCUT2D eigenvalue weighted by atomic mass is 35.5. The van der Waals surface area contributed by atoms with E-state index in [1.807, 2.05) is 0 Å². The number of hydrogen-bond acceptors (Lipinski definition) is 4. The van der Waals surface area contributed by atoms with Gasteiger partial charge in [0.2, 0.25) is 5.78 Å². The number of hydrogen-bond donors (Lipinski definition) is 0. The Balaban J connectivity index is 1.62. The third kappa shape index (κ3) is 3.04. The number of likely N-dealkylation sites (tertiary alicyclic amines) is 1. The Bertz CT molecular complexity index is 676. The molecule has 1 aromatic carbocycles. The van der Waals surface area contributed by atoms with Crippen LogP contribution in [0.3, 0.4) is 0 Å². The van der Waals surface area contributed by atoms with Crippen LogP contribution in [-0.4, -0.2) is 34.7 Å². The van der Waals surface area contributed by atoms with Crippen molar-refractivity contribution in [1.82, 2.24) is 9.88 Å². The van der Waals surface area contributed by atoms with Gasteiger partial charge in [0.05, 0.1) is 6.20 Å². The van der Waals surface area contributed by atoms with E-state index in [4.69, 9.17) is 16.0 Å². The van der Waals surface area contributed by atoms with Crippen LogP contribution in [0.4, 0.5) is 0 Å². The summed E-state index contributed by atoms with van der Waals surface area (Å²) in [4.78, 5) is 30.2. The second-order valence-electron chi connectivity index (χ2n) is 5.28. The number of piperidine rings is 1. The van der Waals surface area contributed by atoms with E-state index in [0.29, 0.717) is 36.5 Å². The Morgan fingerprint density at radius 1 is 1.27 bits per heavy atom. The maximum atomic E-state index is 12.4. The van der Waals surface area contributed by atoms with E-state index in [-0.39, 0.29) is 23.5 Å². The van der Waals surface area contributed by atoms with Crippen LogP contribution in [0.5, 0.6) is 0 Å². The van der Waals surface area contributed by atoms with Crippen LogP contribution in [0, 0.1) is 5.92 Å². The number of ketones is 1. The summed E-state index contributed by atoms with van der Waals surface area (Å²) in [5.74, 6) is -0.119. The number of benzene rings is 1. The van der Waals surface area contributed by atoms with Crippen molar-refractivity contribution in [3.05, 3.63) is 53.2 Å². The van der Waals surface area contributed by atoms with Crippen molar-refractivity contribution in [3.63, 3.8) is 0 Å². The highest BCUT2D eigenvalue weighted by molar-refractivity contribution is 6.30. The van der Waals surface area contributed by atoms with Gasteiger partial charge < -0.3 is 9.32 Å². The van der Waals surface area contributed by atoms with Crippen molar-refractivity contribution >= 4 is 23.3 Å². The molecule has 22 heavy (non-hydrogen) atoms. The Labute approximate surface area is 132 Å². The van der Waals surface area contributed by atoms with Gasteiger partial charge in [-0.2, -0.15) is 0 Å². The van der Waals surface area contributed by atoms with E-state index in [9.17, 15) is 9.59 Å². The van der Waals surface area contributed by atoms with E-state index >= 15 is 0 Å². The lowest BCUT2D eigenvalue weighted by atomic mass is 9.92. The molecular weight excluding hydrogens is 304 g/mol. The summed E-state index contributed by atoms with van der Waals surface area (Å²) in [6.07, 6.45) is 4.09. The number of Topliss-reactive ketones (excluding diaryl/α,β-unsaturated/α-hetero) is 1. The number of nitrogens with zero attached hydrogens (tertiary/aromatic N) is 2. The summed E-state index contributed by atoms with van der Waals surface area (Å²) in [6, 6.07) is 6.90. The molecule has 3 rings (SSSR count). The van der Waals surface area contributed by atoms with Gasteiger partial charge in [-0.3, -0.25) is 9.59 Å². The van der Waals surface area contributed by atoms with E-state index in [2.05, 4.69) is 4.98 Å². The summed E-state index contributed by atoms with van der Waals surface area (Å²) in [5.41, 5.74) is 0.574. The molecule has 2 heterocycles. The lowest BCUT2D eigenvalue weighted by molar-refractivity contribution is 0.0640. The molecule has 0 unspecified atom stereocenters. The summed E-state index contributed by atoms with van der Waals surface area (Å²) in [5, 5.41) is 0.541. The molecule has 6 heteroatoms. The smallest absolute Gasteiger partial charge is 0.263 e. The first-order valence-electron chi connectivity index (χ1n) is 7.13. The standard InChI is InChI=1S/C16H15ClN2O3/c17-13-3-1-2-12(10-13)16(21)19-7-4-11(5-8-19)14(20)15-18-6-9-22-15/h1-3,6,9-11H,4-5,7-8H2. The molecule has 1 fully saturated rings. The zero-order valence-electron chi connectivity index (χ0n) is 11.9. The first-order valence-corrected chi connectivity index (χ1v) is 7.51. The number of rotatable bonds is 3. The highest BCUT2D eigenvalue weighted by Gasteiger charge is 2.30. The molecule has 1 amide bonds. The van der Waals surface area contributed by atoms with Gasteiger partial charge >= 0.3 is 0 Å². The van der Waals surface area contributed by atoms with Gasteiger partial charge in [0, 0.05) is 29.6 Å². The number of oxazole rings is 1.